The van der Waals surface area contributed by atoms with E-state index in [1.165, 1.54) is 294 Å². The monoisotopic (exact) mass is 1950 g/mol. The number of terminal acetylenes is 2. The van der Waals surface area contributed by atoms with Crippen LogP contribution in [-0.4, -0.2) is 96.7 Å². The van der Waals surface area contributed by atoms with Crippen molar-refractivity contribution in [3.8, 4) is 18.8 Å². The predicted octanol–water partition coefficient (Wildman–Crippen LogP) is 28.8. The third kappa shape index (κ3) is 48.7. The number of anilines is 3. The number of pyridine rings is 3. The van der Waals surface area contributed by atoms with E-state index >= 15 is 0 Å². The molecule has 6 N–H and O–H groups in total. The van der Waals surface area contributed by atoms with Crippen LogP contribution in [0.3, 0.4) is 0 Å². The van der Waals surface area contributed by atoms with Gasteiger partial charge in [-0.3, -0.25) is 4.68 Å². The van der Waals surface area contributed by atoms with Crippen molar-refractivity contribution in [2.24, 2.45) is 5.11 Å². The molecular formula is C111H177BrClN18NaO3. The Labute approximate surface area is 851 Å². The molecule has 24 heteroatoms. The Morgan fingerprint density at radius 3 is 0.993 bits per heavy atom. The fourth-order valence-electron chi connectivity index (χ4n) is 17.0. The largest absolute Gasteiger partial charge is 1.00 e. The third-order valence-corrected chi connectivity index (χ3v) is 25.7. The zero-order valence-electron chi connectivity index (χ0n) is 85.4. The molecule has 7 heterocycles. The number of hydrogen-bond donors (Lipinski definition) is 3. The molecule has 744 valence electrons. The van der Waals surface area contributed by atoms with Crippen LogP contribution in [0.1, 0.15) is 437 Å². The Hall–Kier alpha value is -7.56. The first-order valence-corrected chi connectivity index (χ1v) is 55.0. The summed E-state index contributed by atoms with van der Waals surface area (Å²) in [6.07, 6.45) is 96.5. The number of halogens is 2. The molecule has 0 amide bonds. The van der Waals surface area contributed by atoms with Gasteiger partial charge in [-0.05, 0) is 107 Å². The van der Waals surface area contributed by atoms with Crippen LogP contribution in [-0.2, 0) is 32.2 Å². The van der Waals surface area contributed by atoms with Crippen LogP contribution < -0.4 is 61.3 Å². The maximum absolute atomic E-state index is 8.33. The number of aromatic nitrogens is 12. The minimum atomic E-state index is 0. The van der Waals surface area contributed by atoms with Crippen molar-refractivity contribution in [3.05, 3.63) is 119 Å². The number of benzene rings is 3. The number of nitrogens with two attached hydrogens (primary N) is 3. The van der Waals surface area contributed by atoms with E-state index in [0.717, 1.165) is 199 Å². The number of rotatable bonds is 72. The summed E-state index contributed by atoms with van der Waals surface area (Å²) in [4.78, 5) is 49.1. The third-order valence-electron chi connectivity index (χ3n) is 24.9. The Morgan fingerprint density at radius 2 is 0.681 bits per heavy atom. The molecule has 0 spiro atoms. The molecular weight excluding hydrogens is 1770 g/mol. The van der Waals surface area contributed by atoms with Crippen molar-refractivity contribution < 1.29 is 44.1 Å². The molecule has 0 atom stereocenters. The predicted molar refractivity (Wildman–Crippen MR) is 575 cm³/mol. The van der Waals surface area contributed by atoms with Gasteiger partial charge in [0.05, 0.1) is 22.2 Å². The first-order valence-electron chi connectivity index (χ1n) is 53.4. The van der Waals surface area contributed by atoms with E-state index in [9.17, 15) is 0 Å². The van der Waals surface area contributed by atoms with Crippen LogP contribution in [0.25, 0.3) is 76.3 Å². The van der Waals surface area contributed by atoms with Gasteiger partial charge in [0.2, 0.25) is 0 Å². The minimum Gasteiger partial charge on any atom is -0.697 e. The molecule has 7 aromatic heterocycles. The molecule has 10 rings (SSSR count). The van der Waals surface area contributed by atoms with E-state index in [1.54, 1.807) is 0 Å². The van der Waals surface area contributed by atoms with Gasteiger partial charge >= 0.3 is 29.6 Å². The first kappa shape index (κ1) is 120. The number of azide groups is 1. The van der Waals surface area contributed by atoms with Crippen molar-refractivity contribution in [2.75, 3.05) is 54.8 Å². The maximum Gasteiger partial charge on any atom is 1.00 e. The van der Waals surface area contributed by atoms with E-state index in [2.05, 4.69) is 117 Å². The molecule has 0 saturated heterocycles. The number of para-hydroxylation sites is 3. The molecule has 0 bridgehead atoms. The van der Waals surface area contributed by atoms with Gasteiger partial charge < -0.3 is 44.6 Å². The molecule has 0 saturated carbocycles. The average molecular weight is 1950 g/mol. The van der Waals surface area contributed by atoms with Gasteiger partial charge in [0.15, 0.2) is 17.5 Å². The SMILES string of the molecule is C#CCCCCCCCCCCCCCCCCC.CCCCCCCCCCCCCCCCCBr.CCCCCCCCCCCCCCCCCc1cn(CCCCOn2c(CCCC)nc3c(N)nc4ccccc4c32)nn1.CCCCc1nc2c(N)nc3ccccc3c2n1OCCCCCl.CCCCc1nc2c(N)nc3ccccc3c2n1OCCCCN=[N+]=[N-].[C-]#C.[Na+]. The summed E-state index contributed by atoms with van der Waals surface area (Å²) >= 11 is 9.24. The summed E-state index contributed by atoms with van der Waals surface area (Å²) in [6.45, 7) is 16.4. The second kappa shape index (κ2) is 80.3. The van der Waals surface area contributed by atoms with Crippen molar-refractivity contribution in [1.29, 1.82) is 0 Å². The van der Waals surface area contributed by atoms with Crippen molar-refractivity contribution >= 4 is 111 Å². The number of unbranched alkanes of at least 4 members (excludes halogenated alkanes) is 49. The molecule has 0 radical (unpaired) electrons. The Morgan fingerprint density at radius 1 is 0.385 bits per heavy atom. The maximum atomic E-state index is 8.33. The smallest absolute Gasteiger partial charge is 0.697 e. The molecule has 3 aromatic carbocycles. The molecule has 0 aliphatic heterocycles. The number of nitrogen functional groups attached to an aromatic ring is 3. The van der Waals surface area contributed by atoms with Gasteiger partial charge in [-0.1, -0.05) is 411 Å². The number of hydrogen-bond acceptors (Lipinski definition) is 15. The topological polar surface area (TPSA) is 277 Å². The summed E-state index contributed by atoms with van der Waals surface area (Å²) in [5, 5.41) is 16.5. The van der Waals surface area contributed by atoms with Crippen molar-refractivity contribution in [3.63, 3.8) is 0 Å². The normalized spacial score (nSPS) is 11.0. The second-order valence-electron chi connectivity index (χ2n) is 36.4. The molecule has 135 heavy (non-hydrogen) atoms. The van der Waals surface area contributed by atoms with E-state index < -0.39 is 0 Å². The van der Waals surface area contributed by atoms with E-state index in [-0.39, 0.29) is 29.6 Å². The summed E-state index contributed by atoms with van der Waals surface area (Å²) < 4.78 is 7.58. The number of fused-ring (bicyclic) bond motifs is 9. The standard InChI is InChI=1S/C37H59N7O.C19H36.C18H23ClN4O.C18H23N7O.C17H35Br.C2H.Na/c1-3-5-7-8-9-10-11-12-13-14-15-16-17-18-19-24-31-30-43(42-41-31)28-22-23-29-45-44-34(27-6-4-2)40-35-36(44)32-25-20-21-26-33(32)39-37(35)38;1-3-5-7-9-11-13-15-17-19-18-16-14-12-10-8-6-4-2;1-2-3-10-15-22-16-17(23(15)24-12-7-6-11-19)13-8-4-5-9-14(13)21-18(16)20;1-2-3-10-15-23-16-17(25(15)26-12-7-6-11-21-24-20)13-8-4-5-9-14(13)22-18(16)19;1-2-3-4-5-6-7-8-9-10-11-12-13-14-15-16-17-18;1-2;/h20-21,25-26,30H,3-19,22-24,27-29H2,1-2H3,(H2,38,39);1H,4-19H2,2H3;4-5,8-9H,2-3,6-7,10-12H2,1H3,(H2,20,21);4-5,8-9H,2-3,6-7,10-12H2,1H3,(H2,19,22);2-17H2,1H3;1H;/q;;;;;-1;+1. The number of alkyl halides is 2. The van der Waals surface area contributed by atoms with Crippen LogP contribution in [0.4, 0.5) is 17.5 Å². The van der Waals surface area contributed by atoms with E-state index in [1.807, 2.05) is 85.6 Å². The summed E-state index contributed by atoms with van der Waals surface area (Å²) in [7, 11) is 0. The van der Waals surface area contributed by atoms with E-state index in [4.69, 9.17) is 76.6 Å². The minimum absolute atomic E-state index is 0. The average Bonchev–Trinajstić information content (AvgIpc) is 1.62. The van der Waals surface area contributed by atoms with Crippen LogP contribution >= 0.6 is 27.5 Å². The van der Waals surface area contributed by atoms with Crippen LogP contribution in [0.5, 0.6) is 0 Å². The van der Waals surface area contributed by atoms with Crippen LogP contribution in [0, 0.1) is 25.2 Å². The van der Waals surface area contributed by atoms with Gasteiger partial charge in [-0.2, -0.15) is 14.2 Å². The zero-order valence-corrected chi connectivity index (χ0v) is 89.7. The number of imidazole rings is 3. The first-order chi connectivity index (χ1) is 66.1. The molecule has 0 fully saturated rings. The number of nitrogens with zero attached hydrogens (tertiary/aromatic N) is 15. The quantitative estimate of drug-likeness (QED) is 0.00467. The van der Waals surface area contributed by atoms with Gasteiger partial charge in [-0.25, -0.2) is 29.9 Å². The number of aryl methyl sites for hydroxylation is 5. The Kier molecular flexibility index (Phi) is 71.2. The summed E-state index contributed by atoms with van der Waals surface area (Å²) in [5.41, 5.74) is 35.4. The fourth-order valence-corrected chi connectivity index (χ4v) is 17.6. The molecule has 0 unspecified atom stereocenters. The Bertz CT molecular complexity index is 4730. The van der Waals surface area contributed by atoms with Crippen molar-refractivity contribution in [2.45, 2.75) is 446 Å². The van der Waals surface area contributed by atoms with Crippen LogP contribution in [0.2, 0.25) is 0 Å². The molecule has 0 aliphatic carbocycles. The summed E-state index contributed by atoms with van der Waals surface area (Å²) in [5.74, 6) is 7.37. The van der Waals surface area contributed by atoms with Crippen molar-refractivity contribution in [1.82, 2.24) is 59.1 Å². The Balaban J connectivity index is 0.000000368. The van der Waals surface area contributed by atoms with Gasteiger partial charge in [-0.15, -0.1) is 29.0 Å². The second-order valence-corrected chi connectivity index (χ2v) is 37.6. The van der Waals surface area contributed by atoms with E-state index in [0.29, 0.717) is 55.2 Å². The fraction of sp³-hybridized carbons (Fsp3) is 0.676. The van der Waals surface area contributed by atoms with Gasteiger partial charge in [0.1, 0.15) is 70.4 Å². The zero-order chi connectivity index (χ0) is 96.2. The summed E-state index contributed by atoms with van der Waals surface area (Å²) in [6, 6.07) is 23.9. The van der Waals surface area contributed by atoms with Gasteiger partial charge in [0.25, 0.3) is 0 Å². The molecule has 0 aliphatic rings. The van der Waals surface area contributed by atoms with Crippen LogP contribution in [0.15, 0.2) is 84.1 Å². The van der Waals surface area contributed by atoms with Gasteiger partial charge in [0, 0.05) is 77.3 Å². The molecule has 21 nitrogen and oxygen atoms in total. The molecule has 10 aromatic rings.